The molecule has 5 heteroatoms. The van der Waals surface area contributed by atoms with Gasteiger partial charge in [0, 0.05) is 0 Å². The summed E-state index contributed by atoms with van der Waals surface area (Å²) < 4.78 is 15.4. The minimum atomic E-state index is -1.57. The smallest absolute Gasteiger partial charge is 0.330 e. The van der Waals surface area contributed by atoms with Crippen molar-refractivity contribution in [3.05, 3.63) is 24.3 Å². The predicted molar refractivity (Wildman–Crippen MR) is 69.4 cm³/mol. The van der Waals surface area contributed by atoms with Gasteiger partial charge in [0.2, 0.25) is 5.41 Å². The van der Waals surface area contributed by atoms with Gasteiger partial charge < -0.3 is 14.2 Å². The molecule has 0 saturated heterocycles. The highest BCUT2D eigenvalue weighted by Gasteiger charge is 2.54. The van der Waals surface area contributed by atoms with Crippen LogP contribution in [-0.4, -0.2) is 37.9 Å². The van der Waals surface area contributed by atoms with E-state index in [1.807, 2.05) is 13.8 Å². The second-order valence-corrected chi connectivity index (χ2v) is 4.43. The van der Waals surface area contributed by atoms with Crippen molar-refractivity contribution < 1.29 is 23.8 Å². The molecule has 0 spiro atoms. The van der Waals surface area contributed by atoms with Crippen LogP contribution >= 0.6 is 0 Å². The lowest BCUT2D eigenvalue weighted by atomic mass is 9.78. The van der Waals surface area contributed by atoms with Crippen molar-refractivity contribution in [2.24, 2.45) is 5.41 Å². The van der Waals surface area contributed by atoms with Gasteiger partial charge in [-0.15, -0.1) is 0 Å². The molecule has 5 nitrogen and oxygen atoms in total. The average Bonchev–Trinajstić information content (AvgIpc) is 2.38. The average molecular weight is 268 g/mol. The summed E-state index contributed by atoms with van der Waals surface area (Å²) in [5.41, 5.74) is -1.57. The van der Waals surface area contributed by atoms with E-state index in [1.165, 1.54) is 13.2 Å². The highest BCUT2D eigenvalue weighted by atomic mass is 16.6. The Hall–Kier alpha value is -1.62. The van der Waals surface area contributed by atoms with Crippen molar-refractivity contribution in [2.45, 2.75) is 33.0 Å². The molecule has 106 valence electrons. The van der Waals surface area contributed by atoms with Crippen molar-refractivity contribution in [1.29, 1.82) is 0 Å². The number of esters is 2. The van der Waals surface area contributed by atoms with Crippen molar-refractivity contribution >= 4 is 11.9 Å². The second-order valence-electron chi connectivity index (χ2n) is 4.43. The summed E-state index contributed by atoms with van der Waals surface area (Å²) in [4.78, 5) is 24.3. The van der Waals surface area contributed by atoms with Crippen molar-refractivity contribution in [1.82, 2.24) is 0 Å². The molecule has 1 aliphatic rings. The first kappa shape index (κ1) is 15.4. The lowest BCUT2D eigenvalue weighted by molar-refractivity contribution is -0.176. The largest absolute Gasteiger partial charge is 0.468 e. The number of rotatable bonds is 5. The lowest BCUT2D eigenvalue weighted by Gasteiger charge is -2.34. The molecule has 0 aliphatic heterocycles. The Balaban J connectivity index is 3.18. The van der Waals surface area contributed by atoms with Gasteiger partial charge in [-0.25, -0.2) is 0 Å². The molecule has 0 aromatic rings. The van der Waals surface area contributed by atoms with Gasteiger partial charge in [0.25, 0.3) is 0 Å². The van der Waals surface area contributed by atoms with Crippen LogP contribution in [0.1, 0.15) is 20.8 Å². The minimum Gasteiger partial charge on any atom is -0.468 e. The number of ether oxygens (including phenoxy) is 3. The fourth-order valence-electron chi connectivity index (χ4n) is 1.94. The van der Waals surface area contributed by atoms with Gasteiger partial charge in [-0.2, -0.15) is 0 Å². The van der Waals surface area contributed by atoms with Crippen LogP contribution in [0.4, 0.5) is 0 Å². The fourth-order valence-corrected chi connectivity index (χ4v) is 1.94. The van der Waals surface area contributed by atoms with E-state index < -0.39 is 23.5 Å². The quantitative estimate of drug-likeness (QED) is 0.560. The Bertz CT molecular complexity index is 397. The first-order valence-corrected chi connectivity index (χ1v) is 6.26. The molecular formula is C14H20O5. The van der Waals surface area contributed by atoms with E-state index in [2.05, 4.69) is 0 Å². The maximum atomic E-state index is 12.2. The van der Waals surface area contributed by atoms with Crippen LogP contribution in [0.15, 0.2) is 24.3 Å². The Morgan fingerprint density at radius 1 is 1.26 bits per heavy atom. The molecule has 0 saturated carbocycles. The third-order valence-electron chi connectivity index (χ3n) is 2.76. The van der Waals surface area contributed by atoms with Crippen molar-refractivity contribution in [3.8, 4) is 0 Å². The van der Waals surface area contributed by atoms with Gasteiger partial charge in [-0.1, -0.05) is 24.3 Å². The van der Waals surface area contributed by atoms with E-state index >= 15 is 0 Å². The molecule has 0 heterocycles. The molecule has 0 radical (unpaired) electrons. The molecule has 2 unspecified atom stereocenters. The topological polar surface area (TPSA) is 61.8 Å². The number of allylic oxidation sites excluding steroid dienone is 2. The zero-order chi connectivity index (χ0) is 14.5. The van der Waals surface area contributed by atoms with E-state index in [1.54, 1.807) is 25.2 Å². The summed E-state index contributed by atoms with van der Waals surface area (Å²) >= 11 is 0. The van der Waals surface area contributed by atoms with E-state index in [0.29, 0.717) is 0 Å². The number of hydrogen-bond donors (Lipinski definition) is 0. The van der Waals surface area contributed by atoms with Crippen molar-refractivity contribution in [2.75, 3.05) is 13.7 Å². The van der Waals surface area contributed by atoms with Crippen LogP contribution in [0.3, 0.4) is 0 Å². The van der Waals surface area contributed by atoms with E-state index in [0.717, 1.165) is 0 Å². The lowest BCUT2D eigenvalue weighted by Crippen LogP contribution is -2.51. The first-order chi connectivity index (χ1) is 8.98. The van der Waals surface area contributed by atoms with Crippen LogP contribution in [0.2, 0.25) is 0 Å². The molecule has 0 aromatic carbocycles. The van der Waals surface area contributed by atoms with Crippen LogP contribution < -0.4 is 0 Å². The van der Waals surface area contributed by atoms with Crippen LogP contribution in [0.25, 0.3) is 0 Å². The Morgan fingerprint density at radius 2 is 1.95 bits per heavy atom. The summed E-state index contributed by atoms with van der Waals surface area (Å²) in [6, 6.07) is 0. The molecule has 1 rings (SSSR count). The summed E-state index contributed by atoms with van der Waals surface area (Å²) in [6.45, 7) is 5.53. The third-order valence-corrected chi connectivity index (χ3v) is 2.76. The summed E-state index contributed by atoms with van der Waals surface area (Å²) in [6.07, 6.45) is 5.61. The zero-order valence-electron chi connectivity index (χ0n) is 11.7. The molecule has 0 N–H and O–H groups in total. The Kier molecular flexibility index (Phi) is 5.30. The highest BCUT2D eigenvalue weighted by Crippen LogP contribution is 2.34. The monoisotopic (exact) mass is 268 g/mol. The predicted octanol–water partition coefficient (Wildman–Crippen LogP) is 1.63. The van der Waals surface area contributed by atoms with Gasteiger partial charge in [0.15, 0.2) is 0 Å². The molecule has 0 aromatic heterocycles. The summed E-state index contributed by atoms with van der Waals surface area (Å²) in [5, 5.41) is 0. The molecule has 1 aliphatic carbocycles. The third kappa shape index (κ3) is 3.04. The first-order valence-electron chi connectivity index (χ1n) is 6.26. The number of carbonyl (C=O) groups is 2. The van der Waals surface area contributed by atoms with E-state index in [-0.39, 0.29) is 12.7 Å². The van der Waals surface area contributed by atoms with Gasteiger partial charge >= 0.3 is 11.9 Å². The summed E-state index contributed by atoms with van der Waals surface area (Å²) in [7, 11) is 1.24. The van der Waals surface area contributed by atoms with Gasteiger partial charge in [0.1, 0.15) is 6.10 Å². The normalized spacial score (nSPS) is 25.4. The second kappa shape index (κ2) is 6.52. The molecule has 2 atom stereocenters. The minimum absolute atomic E-state index is 0.139. The van der Waals surface area contributed by atoms with Gasteiger partial charge in [0.05, 0.1) is 19.8 Å². The molecule has 0 amide bonds. The Morgan fingerprint density at radius 3 is 2.47 bits per heavy atom. The standard InChI is InChI=1S/C14H20O5/c1-5-18-13(16)14(12(15)17-4)9-7-6-8-11(14)19-10(2)3/h6-11H,5H2,1-4H3. The van der Waals surface area contributed by atoms with Crippen molar-refractivity contribution in [3.63, 3.8) is 0 Å². The van der Waals surface area contributed by atoms with Crippen LogP contribution in [-0.2, 0) is 23.8 Å². The SMILES string of the molecule is CCOC(=O)C1(C(=O)OC)C=CC=CC1OC(C)C. The maximum absolute atomic E-state index is 12.2. The van der Waals surface area contributed by atoms with Crippen LogP contribution in [0, 0.1) is 5.41 Å². The number of methoxy groups -OCH3 is 1. The highest BCUT2D eigenvalue weighted by molar-refractivity contribution is 6.03. The molecule has 0 bridgehead atoms. The Labute approximate surface area is 113 Å². The maximum Gasteiger partial charge on any atom is 0.330 e. The number of carbonyl (C=O) groups excluding carboxylic acids is 2. The summed E-state index contributed by atoms with van der Waals surface area (Å²) in [5.74, 6) is -1.34. The molecular weight excluding hydrogens is 248 g/mol. The fraction of sp³-hybridized carbons (Fsp3) is 0.571. The van der Waals surface area contributed by atoms with Crippen LogP contribution in [0.5, 0.6) is 0 Å². The number of hydrogen-bond acceptors (Lipinski definition) is 5. The van der Waals surface area contributed by atoms with Gasteiger partial charge in [-0.3, -0.25) is 9.59 Å². The van der Waals surface area contributed by atoms with Gasteiger partial charge in [-0.05, 0) is 20.8 Å². The van der Waals surface area contributed by atoms with E-state index in [4.69, 9.17) is 14.2 Å². The zero-order valence-corrected chi connectivity index (χ0v) is 11.7. The molecule has 0 fully saturated rings. The molecule has 19 heavy (non-hydrogen) atoms. The van der Waals surface area contributed by atoms with E-state index in [9.17, 15) is 9.59 Å².